The van der Waals surface area contributed by atoms with Crippen LogP contribution in [0, 0.1) is 5.92 Å². The zero-order chi connectivity index (χ0) is 20.3. The van der Waals surface area contributed by atoms with Crippen molar-refractivity contribution < 1.29 is 19.5 Å². The number of benzene rings is 1. The second kappa shape index (κ2) is 8.08. The molecule has 8 heteroatoms. The molecule has 3 rings (SSSR count). The standard InChI is InChI=1S/C20H21N3O5/c1-21-19(27)15-7-14(18(26)22-16-8-13(16)9-17(24)25)11-23(20(15)28)10-12-5-3-2-4-6-12/h2-7,11,13,16H,8-10H2,1H3,(H,21,27)(H,22,26)(H,24,25). The first-order valence-corrected chi connectivity index (χ1v) is 8.92. The van der Waals surface area contributed by atoms with Crippen molar-refractivity contribution in [1.82, 2.24) is 15.2 Å². The maximum Gasteiger partial charge on any atom is 0.303 e. The third-order valence-electron chi connectivity index (χ3n) is 4.69. The van der Waals surface area contributed by atoms with Crippen LogP contribution in [0.15, 0.2) is 47.4 Å². The van der Waals surface area contributed by atoms with Crippen LogP contribution in [0.2, 0.25) is 0 Å². The highest BCUT2D eigenvalue weighted by Crippen LogP contribution is 2.33. The number of rotatable bonds is 7. The fourth-order valence-electron chi connectivity index (χ4n) is 3.08. The van der Waals surface area contributed by atoms with Crippen LogP contribution in [-0.4, -0.2) is 40.5 Å². The van der Waals surface area contributed by atoms with Crippen LogP contribution >= 0.6 is 0 Å². The zero-order valence-corrected chi connectivity index (χ0v) is 15.3. The van der Waals surface area contributed by atoms with Crippen molar-refractivity contribution in [3.8, 4) is 0 Å². The smallest absolute Gasteiger partial charge is 0.303 e. The van der Waals surface area contributed by atoms with E-state index in [1.165, 1.54) is 23.9 Å². The number of pyridine rings is 1. The van der Waals surface area contributed by atoms with Crippen LogP contribution in [0.25, 0.3) is 0 Å². The summed E-state index contributed by atoms with van der Waals surface area (Å²) in [5.41, 5.74) is 0.419. The Labute approximate surface area is 161 Å². The summed E-state index contributed by atoms with van der Waals surface area (Å²) in [6.07, 6.45) is 2.03. The number of nitrogens with one attached hydrogen (secondary N) is 2. The van der Waals surface area contributed by atoms with Gasteiger partial charge in [0.05, 0.1) is 18.5 Å². The third-order valence-corrected chi connectivity index (χ3v) is 4.69. The number of hydrogen-bond acceptors (Lipinski definition) is 4. The van der Waals surface area contributed by atoms with Gasteiger partial charge >= 0.3 is 5.97 Å². The highest BCUT2D eigenvalue weighted by molar-refractivity contribution is 5.99. The molecule has 1 aromatic heterocycles. The molecular weight excluding hydrogens is 362 g/mol. The summed E-state index contributed by atoms with van der Waals surface area (Å²) in [5, 5.41) is 14.0. The first kappa shape index (κ1) is 19.3. The minimum atomic E-state index is -0.903. The van der Waals surface area contributed by atoms with Crippen LogP contribution in [-0.2, 0) is 11.3 Å². The van der Waals surface area contributed by atoms with Crippen molar-refractivity contribution in [3.63, 3.8) is 0 Å². The Morgan fingerprint density at radius 2 is 1.89 bits per heavy atom. The van der Waals surface area contributed by atoms with Gasteiger partial charge in [-0.3, -0.25) is 19.2 Å². The second-order valence-corrected chi connectivity index (χ2v) is 6.81. The van der Waals surface area contributed by atoms with Crippen molar-refractivity contribution in [2.45, 2.75) is 25.4 Å². The highest BCUT2D eigenvalue weighted by Gasteiger charge is 2.39. The van der Waals surface area contributed by atoms with Crippen LogP contribution in [0.3, 0.4) is 0 Å². The Hall–Kier alpha value is -3.42. The van der Waals surface area contributed by atoms with Gasteiger partial charge in [-0.1, -0.05) is 30.3 Å². The summed E-state index contributed by atoms with van der Waals surface area (Å²) in [4.78, 5) is 48.1. The van der Waals surface area contributed by atoms with Gasteiger partial charge in [-0.2, -0.15) is 0 Å². The summed E-state index contributed by atoms with van der Waals surface area (Å²) < 4.78 is 1.33. The molecule has 1 aliphatic rings. The average Bonchev–Trinajstić information content (AvgIpc) is 3.39. The van der Waals surface area contributed by atoms with Gasteiger partial charge < -0.3 is 20.3 Å². The molecule has 2 amide bonds. The lowest BCUT2D eigenvalue weighted by Crippen LogP contribution is -2.34. The number of carbonyl (C=O) groups is 3. The third kappa shape index (κ3) is 4.46. The molecule has 0 aliphatic heterocycles. The van der Waals surface area contributed by atoms with Gasteiger partial charge in [-0.05, 0) is 24.0 Å². The number of aliphatic carboxylic acids is 1. The number of carbonyl (C=O) groups excluding carboxylic acids is 2. The summed E-state index contributed by atoms with van der Waals surface area (Å²) in [6.45, 7) is 0.218. The number of nitrogens with zero attached hydrogens (tertiary/aromatic N) is 1. The van der Waals surface area contributed by atoms with Crippen LogP contribution in [0.5, 0.6) is 0 Å². The van der Waals surface area contributed by atoms with E-state index < -0.39 is 23.3 Å². The lowest BCUT2D eigenvalue weighted by molar-refractivity contribution is -0.137. The van der Waals surface area contributed by atoms with Crippen molar-refractivity contribution in [2.75, 3.05) is 7.05 Å². The molecule has 8 nitrogen and oxygen atoms in total. The van der Waals surface area contributed by atoms with E-state index in [4.69, 9.17) is 5.11 Å². The Kier molecular flexibility index (Phi) is 5.58. The molecule has 1 fully saturated rings. The van der Waals surface area contributed by atoms with E-state index in [-0.39, 0.29) is 36.1 Å². The normalized spacial score (nSPS) is 17.6. The molecule has 1 heterocycles. The van der Waals surface area contributed by atoms with E-state index in [9.17, 15) is 19.2 Å². The number of hydrogen-bond donors (Lipinski definition) is 3. The van der Waals surface area contributed by atoms with Gasteiger partial charge in [0.2, 0.25) is 0 Å². The van der Waals surface area contributed by atoms with Gasteiger partial charge in [0.15, 0.2) is 0 Å². The van der Waals surface area contributed by atoms with Crippen LogP contribution in [0.4, 0.5) is 0 Å². The Morgan fingerprint density at radius 3 is 2.54 bits per heavy atom. The number of amides is 2. The number of carboxylic acid groups (broad SMARTS) is 1. The SMILES string of the molecule is CNC(=O)c1cc(C(=O)NC2CC2CC(=O)O)cn(Cc2ccccc2)c1=O. The van der Waals surface area contributed by atoms with Gasteiger partial charge in [-0.25, -0.2) is 0 Å². The molecule has 3 N–H and O–H groups in total. The molecular formula is C20H21N3O5. The molecule has 1 aliphatic carbocycles. The maximum atomic E-state index is 12.7. The molecule has 0 radical (unpaired) electrons. The Bertz CT molecular complexity index is 968. The van der Waals surface area contributed by atoms with E-state index >= 15 is 0 Å². The zero-order valence-electron chi connectivity index (χ0n) is 15.3. The Balaban J connectivity index is 1.87. The van der Waals surface area contributed by atoms with E-state index in [1.807, 2.05) is 30.3 Å². The summed E-state index contributed by atoms with van der Waals surface area (Å²) in [7, 11) is 1.41. The van der Waals surface area contributed by atoms with Gasteiger partial charge in [0, 0.05) is 19.3 Å². The molecule has 28 heavy (non-hydrogen) atoms. The lowest BCUT2D eigenvalue weighted by atomic mass is 10.1. The monoisotopic (exact) mass is 383 g/mol. The lowest BCUT2D eigenvalue weighted by Gasteiger charge is -2.12. The highest BCUT2D eigenvalue weighted by atomic mass is 16.4. The molecule has 146 valence electrons. The fourth-order valence-corrected chi connectivity index (χ4v) is 3.08. The van der Waals surface area contributed by atoms with Crippen molar-refractivity contribution in [3.05, 3.63) is 69.6 Å². The van der Waals surface area contributed by atoms with E-state index in [0.29, 0.717) is 6.42 Å². The quantitative estimate of drug-likeness (QED) is 0.655. The topological polar surface area (TPSA) is 118 Å². The van der Waals surface area contributed by atoms with E-state index in [1.54, 1.807) is 0 Å². The van der Waals surface area contributed by atoms with E-state index in [0.717, 1.165) is 5.56 Å². The van der Waals surface area contributed by atoms with Crippen LogP contribution in [0.1, 0.15) is 39.1 Å². The van der Waals surface area contributed by atoms with Crippen LogP contribution < -0.4 is 16.2 Å². The number of carboxylic acids is 1. The minimum Gasteiger partial charge on any atom is -0.481 e. The molecule has 2 aromatic rings. The molecule has 2 atom stereocenters. The molecule has 0 bridgehead atoms. The maximum absolute atomic E-state index is 12.7. The Morgan fingerprint density at radius 1 is 1.18 bits per heavy atom. The van der Waals surface area contributed by atoms with Crippen molar-refractivity contribution >= 4 is 17.8 Å². The van der Waals surface area contributed by atoms with Gasteiger partial charge in [0.1, 0.15) is 5.56 Å². The minimum absolute atomic E-state index is 0.00193. The molecule has 1 aromatic carbocycles. The molecule has 1 saturated carbocycles. The summed E-state index contributed by atoms with van der Waals surface area (Å²) in [5.74, 6) is -2.00. The van der Waals surface area contributed by atoms with Gasteiger partial charge in [-0.15, -0.1) is 0 Å². The average molecular weight is 383 g/mol. The molecule has 0 saturated heterocycles. The van der Waals surface area contributed by atoms with Crippen molar-refractivity contribution in [1.29, 1.82) is 0 Å². The predicted octanol–water partition coefficient (Wildman–Crippen LogP) is 0.849. The van der Waals surface area contributed by atoms with Crippen molar-refractivity contribution in [2.24, 2.45) is 5.92 Å². The number of aromatic nitrogens is 1. The first-order valence-electron chi connectivity index (χ1n) is 8.92. The first-order chi connectivity index (χ1) is 13.4. The van der Waals surface area contributed by atoms with E-state index in [2.05, 4.69) is 10.6 Å². The summed E-state index contributed by atoms with van der Waals surface area (Å²) >= 11 is 0. The fraction of sp³-hybridized carbons (Fsp3) is 0.300. The molecule has 0 spiro atoms. The predicted molar refractivity (Wildman–Crippen MR) is 101 cm³/mol. The largest absolute Gasteiger partial charge is 0.481 e. The molecule has 2 unspecified atom stereocenters. The van der Waals surface area contributed by atoms with Gasteiger partial charge in [0.25, 0.3) is 17.4 Å². The summed E-state index contributed by atoms with van der Waals surface area (Å²) in [6, 6.07) is 10.3. The second-order valence-electron chi connectivity index (χ2n) is 6.81.